The molecule has 0 radical (unpaired) electrons. The number of nitrogens with two attached hydrogens (primary N) is 1. The van der Waals surface area contributed by atoms with Crippen molar-refractivity contribution in [2.75, 3.05) is 33.4 Å². The zero-order valence-electron chi connectivity index (χ0n) is 11.6. The molecule has 0 aromatic carbocycles. The number of rotatable bonds is 10. The largest absolute Gasteiger partial charge is 0.383 e. The van der Waals surface area contributed by atoms with Gasteiger partial charge in [0.05, 0.1) is 6.61 Å². The van der Waals surface area contributed by atoms with Crippen molar-refractivity contribution in [3.63, 3.8) is 0 Å². The van der Waals surface area contributed by atoms with Crippen molar-refractivity contribution >= 4 is 5.91 Å². The van der Waals surface area contributed by atoms with Gasteiger partial charge in [-0.3, -0.25) is 4.79 Å². The first-order chi connectivity index (χ1) is 8.21. The zero-order valence-corrected chi connectivity index (χ0v) is 11.6. The van der Waals surface area contributed by atoms with Crippen molar-refractivity contribution in [3.8, 4) is 0 Å². The molecule has 0 atom stereocenters. The van der Waals surface area contributed by atoms with Crippen molar-refractivity contribution in [3.05, 3.63) is 0 Å². The van der Waals surface area contributed by atoms with Crippen LogP contribution >= 0.6 is 0 Å². The summed E-state index contributed by atoms with van der Waals surface area (Å²) in [4.78, 5) is 14.2. The molecule has 4 nitrogen and oxygen atoms in total. The quantitative estimate of drug-likeness (QED) is 0.635. The van der Waals surface area contributed by atoms with E-state index < -0.39 is 0 Å². The average Bonchev–Trinajstić information content (AvgIpc) is 2.33. The highest BCUT2D eigenvalue weighted by molar-refractivity contribution is 5.78. The molecule has 0 aliphatic heterocycles. The standard InChI is InChI=1S/C13H28N2O2/c1-4-6-12(7-5-2)13(16)15(9-8-14)10-11-17-3/h12H,4-11,14H2,1-3H3. The summed E-state index contributed by atoms with van der Waals surface area (Å²) in [6.07, 6.45) is 4.05. The van der Waals surface area contributed by atoms with Gasteiger partial charge in [-0.15, -0.1) is 0 Å². The van der Waals surface area contributed by atoms with E-state index >= 15 is 0 Å². The lowest BCUT2D eigenvalue weighted by Gasteiger charge is -2.26. The lowest BCUT2D eigenvalue weighted by atomic mass is 9.96. The van der Waals surface area contributed by atoms with Gasteiger partial charge in [-0.1, -0.05) is 26.7 Å². The van der Waals surface area contributed by atoms with Crippen LogP contribution in [0.25, 0.3) is 0 Å². The number of hydrogen-bond acceptors (Lipinski definition) is 3. The van der Waals surface area contributed by atoms with E-state index in [1.807, 2.05) is 4.90 Å². The summed E-state index contributed by atoms with van der Waals surface area (Å²) in [6, 6.07) is 0. The smallest absolute Gasteiger partial charge is 0.225 e. The minimum absolute atomic E-state index is 0.161. The minimum atomic E-state index is 0.161. The molecule has 0 aromatic heterocycles. The van der Waals surface area contributed by atoms with Gasteiger partial charge < -0.3 is 15.4 Å². The molecule has 0 aromatic rings. The highest BCUT2D eigenvalue weighted by Gasteiger charge is 2.22. The number of methoxy groups -OCH3 is 1. The van der Waals surface area contributed by atoms with Gasteiger partial charge in [-0.05, 0) is 12.8 Å². The van der Waals surface area contributed by atoms with Gasteiger partial charge in [0, 0.05) is 32.7 Å². The fourth-order valence-electron chi connectivity index (χ4n) is 2.04. The number of nitrogens with zero attached hydrogens (tertiary/aromatic N) is 1. The first-order valence-electron chi connectivity index (χ1n) is 6.68. The molecule has 0 aliphatic carbocycles. The van der Waals surface area contributed by atoms with Crippen LogP contribution in [0.4, 0.5) is 0 Å². The van der Waals surface area contributed by atoms with E-state index in [-0.39, 0.29) is 11.8 Å². The van der Waals surface area contributed by atoms with Crippen molar-refractivity contribution in [1.82, 2.24) is 4.90 Å². The fourth-order valence-corrected chi connectivity index (χ4v) is 2.04. The van der Waals surface area contributed by atoms with Crippen LogP contribution in [-0.2, 0) is 9.53 Å². The van der Waals surface area contributed by atoms with Crippen LogP contribution in [0.2, 0.25) is 0 Å². The van der Waals surface area contributed by atoms with E-state index in [0.29, 0.717) is 26.2 Å². The Morgan fingerprint density at radius 2 is 1.82 bits per heavy atom. The maximum Gasteiger partial charge on any atom is 0.225 e. The summed E-state index contributed by atoms with van der Waals surface area (Å²) in [5, 5.41) is 0. The molecule has 4 heteroatoms. The Balaban J connectivity index is 4.40. The van der Waals surface area contributed by atoms with E-state index in [9.17, 15) is 4.79 Å². The number of hydrogen-bond donors (Lipinski definition) is 1. The Hall–Kier alpha value is -0.610. The van der Waals surface area contributed by atoms with Gasteiger partial charge in [0.2, 0.25) is 5.91 Å². The molecule has 0 rings (SSSR count). The Labute approximate surface area is 105 Å². The Morgan fingerprint density at radius 3 is 2.24 bits per heavy atom. The molecule has 0 spiro atoms. The molecule has 0 bridgehead atoms. The van der Waals surface area contributed by atoms with Crippen LogP contribution in [0, 0.1) is 5.92 Å². The molecular formula is C13H28N2O2. The predicted molar refractivity (Wildman–Crippen MR) is 70.8 cm³/mol. The zero-order chi connectivity index (χ0) is 13.1. The molecule has 0 fully saturated rings. The van der Waals surface area contributed by atoms with Gasteiger partial charge in [0.15, 0.2) is 0 Å². The SMILES string of the molecule is CCCC(CCC)C(=O)N(CCN)CCOC. The number of amides is 1. The van der Waals surface area contributed by atoms with Crippen LogP contribution in [0.15, 0.2) is 0 Å². The Bertz CT molecular complexity index is 192. The number of ether oxygens (including phenoxy) is 1. The molecule has 0 saturated heterocycles. The topological polar surface area (TPSA) is 55.6 Å². The van der Waals surface area contributed by atoms with Crippen LogP contribution in [-0.4, -0.2) is 44.2 Å². The van der Waals surface area contributed by atoms with Gasteiger partial charge in [-0.2, -0.15) is 0 Å². The molecular weight excluding hydrogens is 216 g/mol. The third-order valence-corrected chi connectivity index (χ3v) is 2.90. The summed E-state index contributed by atoms with van der Waals surface area (Å²) in [5.41, 5.74) is 5.55. The second-order valence-corrected chi connectivity index (χ2v) is 4.38. The van der Waals surface area contributed by atoms with E-state index in [1.165, 1.54) is 0 Å². The highest BCUT2D eigenvalue weighted by Crippen LogP contribution is 2.16. The number of carbonyl (C=O) groups is 1. The molecule has 0 heterocycles. The fraction of sp³-hybridized carbons (Fsp3) is 0.923. The van der Waals surface area contributed by atoms with E-state index in [0.717, 1.165) is 25.7 Å². The van der Waals surface area contributed by atoms with Gasteiger partial charge in [0.25, 0.3) is 0 Å². The Morgan fingerprint density at radius 1 is 1.24 bits per heavy atom. The molecule has 0 unspecified atom stereocenters. The highest BCUT2D eigenvalue weighted by atomic mass is 16.5. The molecule has 2 N–H and O–H groups in total. The van der Waals surface area contributed by atoms with Crippen molar-refractivity contribution < 1.29 is 9.53 Å². The summed E-state index contributed by atoms with van der Waals surface area (Å²) in [5.74, 6) is 0.407. The maximum atomic E-state index is 12.3. The Kier molecular flexibility index (Phi) is 10.2. The average molecular weight is 244 g/mol. The second-order valence-electron chi connectivity index (χ2n) is 4.38. The van der Waals surface area contributed by atoms with Crippen molar-refractivity contribution in [1.29, 1.82) is 0 Å². The first kappa shape index (κ1) is 16.4. The molecule has 102 valence electrons. The van der Waals surface area contributed by atoms with E-state index in [4.69, 9.17) is 10.5 Å². The van der Waals surface area contributed by atoms with Crippen LogP contribution in [0.1, 0.15) is 39.5 Å². The second kappa shape index (κ2) is 10.5. The number of carbonyl (C=O) groups excluding carboxylic acids is 1. The lowest BCUT2D eigenvalue weighted by Crippen LogP contribution is -2.41. The summed E-state index contributed by atoms with van der Waals surface area (Å²) < 4.78 is 5.03. The van der Waals surface area contributed by atoms with E-state index in [2.05, 4.69) is 13.8 Å². The monoisotopic (exact) mass is 244 g/mol. The summed E-state index contributed by atoms with van der Waals surface area (Å²) >= 11 is 0. The van der Waals surface area contributed by atoms with Crippen LogP contribution in [0.3, 0.4) is 0 Å². The third kappa shape index (κ3) is 6.64. The first-order valence-corrected chi connectivity index (χ1v) is 6.68. The van der Waals surface area contributed by atoms with Crippen LogP contribution < -0.4 is 5.73 Å². The molecule has 1 amide bonds. The minimum Gasteiger partial charge on any atom is -0.383 e. The molecule has 17 heavy (non-hydrogen) atoms. The van der Waals surface area contributed by atoms with Crippen LogP contribution in [0.5, 0.6) is 0 Å². The third-order valence-electron chi connectivity index (χ3n) is 2.90. The summed E-state index contributed by atoms with van der Waals surface area (Å²) in [7, 11) is 1.65. The normalized spacial score (nSPS) is 10.9. The summed E-state index contributed by atoms with van der Waals surface area (Å²) in [6.45, 7) is 6.62. The van der Waals surface area contributed by atoms with Gasteiger partial charge in [-0.25, -0.2) is 0 Å². The molecule has 0 aliphatic rings. The van der Waals surface area contributed by atoms with Crippen molar-refractivity contribution in [2.45, 2.75) is 39.5 Å². The van der Waals surface area contributed by atoms with Gasteiger partial charge >= 0.3 is 0 Å². The van der Waals surface area contributed by atoms with E-state index in [1.54, 1.807) is 7.11 Å². The lowest BCUT2D eigenvalue weighted by molar-refractivity contribution is -0.136. The molecule has 0 saturated carbocycles. The van der Waals surface area contributed by atoms with Gasteiger partial charge in [0.1, 0.15) is 0 Å². The maximum absolute atomic E-state index is 12.3. The van der Waals surface area contributed by atoms with Crippen molar-refractivity contribution in [2.24, 2.45) is 11.7 Å². The predicted octanol–water partition coefficient (Wildman–Crippen LogP) is 1.64.